The molecule has 0 amide bonds. The van der Waals surface area contributed by atoms with E-state index in [9.17, 15) is 10.1 Å². The second kappa shape index (κ2) is 9.30. The van der Waals surface area contributed by atoms with Crippen LogP contribution < -0.4 is 16.0 Å². The predicted molar refractivity (Wildman–Crippen MR) is 106 cm³/mol. The summed E-state index contributed by atoms with van der Waals surface area (Å²) in [6.07, 6.45) is 0.801. The van der Waals surface area contributed by atoms with Crippen LogP contribution in [0.25, 0.3) is 0 Å². The summed E-state index contributed by atoms with van der Waals surface area (Å²) in [6.45, 7) is 9.93. The van der Waals surface area contributed by atoms with Crippen molar-refractivity contribution in [2.45, 2.75) is 32.5 Å². The molecule has 2 unspecified atom stereocenters. The van der Waals surface area contributed by atoms with E-state index in [1.54, 1.807) is 0 Å². The van der Waals surface area contributed by atoms with Gasteiger partial charge in [-0.1, -0.05) is 0 Å². The standard InChI is InChI=1S/C17H29N7O4/c1-12-10-23(11-13(2)28-12)16-14(24(25)26)15(18)20-17(21-16)19-4-3-5-22-6-8-27-9-7-22/h12-13H,3-11H2,1-2H3,(H3,18,19,20,21). The second-order valence-corrected chi connectivity index (χ2v) is 7.26. The van der Waals surface area contributed by atoms with Crippen LogP contribution in [0.4, 0.5) is 23.3 Å². The molecule has 0 radical (unpaired) electrons. The van der Waals surface area contributed by atoms with E-state index < -0.39 is 4.92 Å². The maximum Gasteiger partial charge on any atom is 0.353 e. The number of anilines is 3. The van der Waals surface area contributed by atoms with Gasteiger partial charge in [0.2, 0.25) is 17.6 Å². The predicted octanol–water partition coefficient (Wildman–Crippen LogP) is 0.715. The normalized spacial score (nSPS) is 23.6. The molecule has 2 aliphatic rings. The third-order valence-corrected chi connectivity index (χ3v) is 4.83. The lowest BCUT2D eigenvalue weighted by Gasteiger charge is -2.35. The Morgan fingerprint density at radius 3 is 2.57 bits per heavy atom. The lowest BCUT2D eigenvalue weighted by atomic mass is 10.2. The molecular weight excluding hydrogens is 366 g/mol. The number of nitro groups is 1. The van der Waals surface area contributed by atoms with Crippen molar-refractivity contribution in [2.24, 2.45) is 0 Å². The molecule has 3 N–H and O–H groups in total. The minimum absolute atomic E-state index is 0.0514. The van der Waals surface area contributed by atoms with E-state index >= 15 is 0 Å². The molecule has 3 rings (SSSR count). The number of hydrogen-bond acceptors (Lipinski definition) is 10. The molecule has 2 aliphatic heterocycles. The van der Waals surface area contributed by atoms with Gasteiger partial charge in [0.1, 0.15) is 0 Å². The zero-order valence-electron chi connectivity index (χ0n) is 16.5. The summed E-state index contributed by atoms with van der Waals surface area (Å²) in [4.78, 5) is 23.7. The number of aromatic nitrogens is 2. The van der Waals surface area contributed by atoms with Gasteiger partial charge in [-0.05, 0) is 26.8 Å². The lowest BCUT2D eigenvalue weighted by molar-refractivity contribution is -0.383. The Labute approximate surface area is 164 Å². The van der Waals surface area contributed by atoms with E-state index in [2.05, 4.69) is 20.2 Å². The Hall–Kier alpha value is -2.24. The highest BCUT2D eigenvalue weighted by molar-refractivity contribution is 5.71. The topological polar surface area (TPSA) is 132 Å². The van der Waals surface area contributed by atoms with Gasteiger partial charge in [0.05, 0.1) is 30.3 Å². The van der Waals surface area contributed by atoms with Crippen LogP contribution in [-0.2, 0) is 9.47 Å². The van der Waals surface area contributed by atoms with Gasteiger partial charge in [0.15, 0.2) is 0 Å². The largest absolute Gasteiger partial charge is 0.379 e. The zero-order chi connectivity index (χ0) is 20.1. The highest BCUT2D eigenvalue weighted by Gasteiger charge is 2.32. The Kier molecular flexibility index (Phi) is 6.81. The molecule has 11 heteroatoms. The van der Waals surface area contributed by atoms with Crippen LogP contribution in [0.15, 0.2) is 0 Å². The van der Waals surface area contributed by atoms with Crippen LogP contribution in [0.3, 0.4) is 0 Å². The maximum absolute atomic E-state index is 11.5. The number of nitrogen functional groups attached to an aromatic ring is 1. The van der Waals surface area contributed by atoms with Gasteiger partial charge in [-0.2, -0.15) is 9.97 Å². The van der Waals surface area contributed by atoms with E-state index in [-0.39, 0.29) is 29.5 Å². The van der Waals surface area contributed by atoms with Gasteiger partial charge in [0.25, 0.3) is 0 Å². The molecular formula is C17H29N7O4. The van der Waals surface area contributed by atoms with Crippen molar-refractivity contribution >= 4 is 23.3 Å². The Balaban J connectivity index is 1.68. The third-order valence-electron chi connectivity index (χ3n) is 4.83. The molecule has 0 aromatic carbocycles. The van der Waals surface area contributed by atoms with Gasteiger partial charge in [-0.25, -0.2) is 0 Å². The average molecular weight is 395 g/mol. The summed E-state index contributed by atoms with van der Waals surface area (Å²) in [5.41, 5.74) is 5.66. The van der Waals surface area contributed by atoms with E-state index in [1.165, 1.54) is 0 Å². The summed E-state index contributed by atoms with van der Waals surface area (Å²) in [6, 6.07) is 0. The third kappa shape index (κ3) is 5.18. The molecule has 0 saturated carbocycles. The second-order valence-electron chi connectivity index (χ2n) is 7.26. The zero-order valence-corrected chi connectivity index (χ0v) is 16.5. The van der Waals surface area contributed by atoms with E-state index in [0.717, 1.165) is 39.3 Å². The number of rotatable bonds is 7. The molecule has 1 aromatic heterocycles. The fourth-order valence-electron chi connectivity index (χ4n) is 3.61. The molecule has 2 saturated heterocycles. The molecule has 28 heavy (non-hydrogen) atoms. The highest BCUT2D eigenvalue weighted by atomic mass is 16.6. The number of nitrogens with two attached hydrogens (primary N) is 1. The monoisotopic (exact) mass is 395 g/mol. The van der Waals surface area contributed by atoms with E-state index in [0.29, 0.717) is 25.6 Å². The van der Waals surface area contributed by atoms with Crippen molar-refractivity contribution < 1.29 is 14.4 Å². The molecule has 11 nitrogen and oxygen atoms in total. The number of nitrogens with zero attached hydrogens (tertiary/aromatic N) is 5. The first-order valence-electron chi connectivity index (χ1n) is 9.70. The van der Waals surface area contributed by atoms with Crippen LogP contribution in [0.2, 0.25) is 0 Å². The molecule has 0 aliphatic carbocycles. The first kappa shape index (κ1) is 20.5. The fourth-order valence-corrected chi connectivity index (χ4v) is 3.61. The van der Waals surface area contributed by atoms with Crippen molar-refractivity contribution in [3.8, 4) is 0 Å². The average Bonchev–Trinajstić information content (AvgIpc) is 2.64. The minimum atomic E-state index is -0.516. The van der Waals surface area contributed by atoms with E-state index in [1.807, 2.05) is 18.7 Å². The smallest absolute Gasteiger partial charge is 0.353 e. The summed E-state index contributed by atoms with van der Waals surface area (Å²) in [5.74, 6) is 0.430. The summed E-state index contributed by atoms with van der Waals surface area (Å²) >= 11 is 0. The van der Waals surface area contributed by atoms with Gasteiger partial charge >= 0.3 is 5.69 Å². The highest BCUT2D eigenvalue weighted by Crippen LogP contribution is 2.33. The number of nitrogens with one attached hydrogen (secondary N) is 1. The fraction of sp³-hybridized carbons (Fsp3) is 0.765. The quantitative estimate of drug-likeness (QED) is 0.386. The summed E-state index contributed by atoms with van der Waals surface area (Å²) in [7, 11) is 0. The first-order chi connectivity index (χ1) is 13.4. The lowest BCUT2D eigenvalue weighted by Crippen LogP contribution is -2.46. The Bertz CT molecular complexity index is 674. The molecule has 0 spiro atoms. The maximum atomic E-state index is 11.5. The minimum Gasteiger partial charge on any atom is -0.379 e. The van der Waals surface area contributed by atoms with Crippen molar-refractivity contribution in [1.29, 1.82) is 0 Å². The van der Waals surface area contributed by atoms with Gasteiger partial charge in [-0.15, -0.1) is 0 Å². The molecule has 2 atom stereocenters. The van der Waals surface area contributed by atoms with Crippen LogP contribution in [0, 0.1) is 10.1 Å². The van der Waals surface area contributed by atoms with Crippen LogP contribution >= 0.6 is 0 Å². The van der Waals surface area contributed by atoms with Crippen LogP contribution in [0.1, 0.15) is 20.3 Å². The Morgan fingerprint density at radius 1 is 1.25 bits per heavy atom. The summed E-state index contributed by atoms with van der Waals surface area (Å²) < 4.78 is 11.1. The van der Waals surface area contributed by atoms with Gasteiger partial charge in [-0.3, -0.25) is 15.0 Å². The molecule has 156 valence electrons. The van der Waals surface area contributed by atoms with Crippen molar-refractivity contribution in [2.75, 3.05) is 68.4 Å². The number of morpholine rings is 2. The van der Waals surface area contributed by atoms with Crippen molar-refractivity contribution in [3.05, 3.63) is 10.1 Å². The Morgan fingerprint density at radius 2 is 1.93 bits per heavy atom. The SMILES string of the molecule is CC1CN(c2nc(NCCCN3CCOCC3)nc(N)c2[N+](=O)[O-])CC(C)O1. The molecule has 0 bridgehead atoms. The number of ether oxygens (including phenoxy) is 2. The molecule has 1 aromatic rings. The van der Waals surface area contributed by atoms with E-state index in [4.69, 9.17) is 15.2 Å². The van der Waals surface area contributed by atoms with Gasteiger partial charge in [0, 0.05) is 32.7 Å². The van der Waals surface area contributed by atoms with Crippen LogP contribution in [-0.4, -0.2) is 84.5 Å². The van der Waals surface area contributed by atoms with Crippen molar-refractivity contribution in [1.82, 2.24) is 14.9 Å². The van der Waals surface area contributed by atoms with Gasteiger partial charge < -0.3 is 25.4 Å². The molecule has 2 fully saturated rings. The van der Waals surface area contributed by atoms with Crippen molar-refractivity contribution in [3.63, 3.8) is 0 Å². The van der Waals surface area contributed by atoms with Crippen LogP contribution in [0.5, 0.6) is 0 Å². The summed E-state index contributed by atoms with van der Waals surface area (Å²) in [5, 5.41) is 14.7. The number of hydrogen-bond donors (Lipinski definition) is 2. The first-order valence-corrected chi connectivity index (χ1v) is 9.70. The molecule has 3 heterocycles.